The van der Waals surface area contributed by atoms with Crippen molar-refractivity contribution in [3.05, 3.63) is 52.9 Å². The van der Waals surface area contributed by atoms with Gasteiger partial charge in [0.05, 0.1) is 5.39 Å². The maximum absolute atomic E-state index is 6.09. The molecule has 4 rings (SSSR count). The van der Waals surface area contributed by atoms with Gasteiger partial charge in [-0.05, 0) is 30.3 Å². The Labute approximate surface area is 141 Å². The number of pyridine rings is 1. The van der Waals surface area contributed by atoms with E-state index in [1.807, 2.05) is 42.3 Å². The van der Waals surface area contributed by atoms with Crippen LogP contribution in [0.4, 0.5) is 11.5 Å². The van der Waals surface area contributed by atoms with Crippen LogP contribution >= 0.6 is 23.2 Å². The molecule has 3 aromatic heterocycles. The van der Waals surface area contributed by atoms with Crippen LogP contribution in [0.5, 0.6) is 0 Å². The van der Waals surface area contributed by atoms with Crippen LogP contribution in [0.15, 0.2) is 42.7 Å². The zero-order valence-electron chi connectivity index (χ0n) is 12.0. The third-order valence-electron chi connectivity index (χ3n) is 3.56. The zero-order chi connectivity index (χ0) is 16.0. The van der Waals surface area contributed by atoms with Crippen molar-refractivity contribution in [2.75, 3.05) is 11.9 Å². The van der Waals surface area contributed by atoms with Gasteiger partial charge in [0.1, 0.15) is 17.3 Å². The molecule has 0 aliphatic carbocycles. The highest BCUT2D eigenvalue weighted by molar-refractivity contribution is 6.31. The molecule has 1 aromatic carbocycles. The van der Waals surface area contributed by atoms with Gasteiger partial charge in [0.15, 0.2) is 5.65 Å². The predicted octanol–water partition coefficient (Wildman–Crippen LogP) is 3.75. The summed E-state index contributed by atoms with van der Waals surface area (Å²) in [7, 11) is 1.91. The van der Waals surface area contributed by atoms with Crippen LogP contribution in [0.25, 0.3) is 16.8 Å². The van der Waals surface area contributed by atoms with E-state index in [9.17, 15) is 0 Å². The number of fused-ring (bicyclic) bond motifs is 3. The molecular formula is C15H10Cl2N6. The van der Waals surface area contributed by atoms with Gasteiger partial charge in [0, 0.05) is 17.8 Å². The molecule has 0 radical (unpaired) electrons. The van der Waals surface area contributed by atoms with E-state index in [1.165, 1.54) is 0 Å². The Bertz CT molecular complexity index is 1030. The van der Waals surface area contributed by atoms with E-state index in [4.69, 9.17) is 23.2 Å². The Kier molecular flexibility index (Phi) is 3.28. The maximum atomic E-state index is 6.09. The largest absolute Gasteiger partial charge is 0.329 e. The molecule has 0 unspecified atom stereocenters. The van der Waals surface area contributed by atoms with Crippen molar-refractivity contribution in [3.8, 4) is 0 Å². The summed E-state index contributed by atoms with van der Waals surface area (Å²) >= 11 is 12.1. The molecule has 6 nitrogen and oxygen atoms in total. The molecule has 114 valence electrons. The molecule has 0 amide bonds. The van der Waals surface area contributed by atoms with Crippen LogP contribution in [0.3, 0.4) is 0 Å². The topological polar surface area (TPSA) is 59.2 Å². The van der Waals surface area contributed by atoms with Gasteiger partial charge in [0.25, 0.3) is 5.78 Å². The molecular weight excluding hydrogens is 335 g/mol. The van der Waals surface area contributed by atoms with Crippen LogP contribution in [-0.2, 0) is 0 Å². The Morgan fingerprint density at radius 3 is 2.78 bits per heavy atom. The monoisotopic (exact) mass is 344 g/mol. The SMILES string of the molecule is CN(c1cccc(Cl)c1)c1nc2nncn2c2nc(Cl)ccc12. The molecule has 4 aromatic rings. The fraction of sp³-hybridized carbons (Fsp3) is 0.0667. The molecule has 0 bridgehead atoms. The fourth-order valence-electron chi connectivity index (χ4n) is 2.46. The number of nitrogens with zero attached hydrogens (tertiary/aromatic N) is 6. The highest BCUT2D eigenvalue weighted by atomic mass is 35.5. The minimum absolute atomic E-state index is 0.398. The molecule has 0 N–H and O–H groups in total. The lowest BCUT2D eigenvalue weighted by Crippen LogP contribution is -2.13. The maximum Gasteiger partial charge on any atom is 0.258 e. The van der Waals surface area contributed by atoms with Gasteiger partial charge in [-0.25, -0.2) is 9.38 Å². The molecule has 0 aliphatic heterocycles. The average molecular weight is 345 g/mol. The average Bonchev–Trinajstić information content (AvgIpc) is 3.02. The van der Waals surface area contributed by atoms with Gasteiger partial charge >= 0.3 is 0 Å². The number of benzene rings is 1. The number of halogens is 2. The first-order chi connectivity index (χ1) is 11.1. The summed E-state index contributed by atoms with van der Waals surface area (Å²) in [5, 5.41) is 9.81. The number of anilines is 2. The second kappa shape index (κ2) is 5.33. The quantitative estimate of drug-likeness (QED) is 0.518. The van der Waals surface area contributed by atoms with Crippen LogP contribution in [0, 0.1) is 0 Å². The van der Waals surface area contributed by atoms with Crippen LogP contribution < -0.4 is 4.90 Å². The summed E-state index contributed by atoms with van der Waals surface area (Å²) < 4.78 is 1.70. The van der Waals surface area contributed by atoms with Crippen molar-refractivity contribution in [2.24, 2.45) is 0 Å². The Morgan fingerprint density at radius 1 is 1.09 bits per heavy atom. The highest BCUT2D eigenvalue weighted by Gasteiger charge is 2.15. The van der Waals surface area contributed by atoms with Gasteiger partial charge in [0.2, 0.25) is 0 Å². The zero-order valence-corrected chi connectivity index (χ0v) is 13.5. The van der Waals surface area contributed by atoms with E-state index in [0.717, 1.165) is 11.1 Å². The van der Waals surface area contributed by atoms with Gasteiger partial charge < -0.3 is 4.90 Å². The van der Waals surface area contributed by atoms with Crippen molar-refractivity contribution >= 4 is 51.5 Å². The summed E-state index contributed by atoms with van der Waals surface area (Å²) in [6, 6.07) is 11.2. The number of hydrogen-bond acceptors (Lipinski definition) is 5. The van der Waals surface area contributed by atoms with Crippen LogP contribution in [-0.4, -0.2) is 31.6 Å². The standard InChI is InChI=1S/C15H10Cl2N6/c1-22(10-4-2-3-9(16)7-10)13-11-5-6-12(17)19-14(11)23-8-18-21-15(23)20-13/h2-8H,1H3. The van der Waals surface area contributed by atoms with Gasteiger partial charge in [-0.1, -0.05) is 29.3 Å². The molecule has 0 atom stereocenters. The number of rotatable bonds is 2. The van der Waals surface area contributed by atoms with Crippen molar-refractivity contribution in [1.29, 1.82) is 0 Å². The van der Waals surface area contributed by atoms with Gasteiger partial charge in [-0.3, -0.25) is 0 Å². The van der Waals surface area contributed by atoms with E-state index in [0.29, 0.717) is 27.4 Å². The Hall–Kier alpha value is -2.44. The molecule has 8 heteroatoms. The second-order valence-corrected chi connectivity index (χ2v) is 5.80. The van der Waals surface area contributed by atoms with Crippen LogP contribution in [0.2, 0.25) is 10.2 Å². The summed E-state index contributed by atoms with van der Waals surface area (Å²) in [5.74, 6) is 1.16. The van der Waals surface area contributed by atoms with Crippen molar-refractivity contribution in [1.82, 2.24) is 24.6 Å². The third kappa shape index (κ3) is 2.36. The van der Waals surface area contributed by atoms with Gasteiger partial charge in [-0.15, -0.1) is 10.2 Å². The van der Waals surface area contributed by atoms with E-state index in [1.54, 1.807) is 16.8 Å². The molecule has 0 aliphatic rings. The minimum Gasteiger partial charge on any atom is -0.329 e. The molecule has 0 saturated heterocycles. The lowest BCUT2D eigenvalue weighted by Gasteiger charge is -2.20. The fourth-order valence-corrected chi connectivity index (χ4v) is 2.78. The van der Waals surface area contributed by atoms with E-state index < -0.39 is 0 Å². The molecule has 3 heterocycles. The van der Waals surface area contributed by atoms with E-state index >= 15 is 0 Å². The van der Waals surface area contributed by atoms with E-state index in [-0.39, 0.29) is 0 Å². The highest BCUT2D eigenvalue weighted by Crippen LogP contribution is 2.31. The Morgan fingerprint density at radius 2 is 1.96 bits per heavy atom. The summed E-state index contributed by atoms with van der Waals surface area (Å²) in [6.45, 7) is 0. The lowest BCUT2D eigenvalue weighted by atomic mass is 10.2. The third-order valence-corrected chi connectivity index (χ3v) is 4.00. The normalized spacial score (nSPS) is 11.3. The smallest absolute Gasteiger partial charge is 0.258 e. The Balaban J connectivity index is 2.01. The first-order valence-corrected chi connectivity index (χ1v) is 7.54. The second-order valence-electron chi connectivity index (χ2n) is 4.98. The van der Waals surface area contributed by atoms with E-state index in [2.05, 4.69) is 20.2 Å². The van der Waals surface area contributed by atoms with Crippen molar-refractivity contribution in [2.45, 2.75) is 0 Å². The number of aromatic nitrogens is 5. The first kappa shape index (κ1) is 14.2. The molecule has 0 spiro atoms. The molecule has 0 fully saturated rings. The predicted molar refractivity (Wildman–Crippen MR) is 90.6 cm³/mol. The van der Waals surface area contributed by atoms with Crippen molar-refractivity contribution in [3.63, 3.8) is 0 Å². The number of hydrogen-bond donors (Lipinski definition) is 0. The van der Waals surface area contributed by atoms with Crippen LogP contribution in [0.1, 0.15) is 0 Å². The lowest BCUT2D eigenvalue weighted by molar-refractivity contribution is 1.07. The van der Waals surface area contributed by atoms with Crippen molar-refractivity contribution < 1.29 is 0 Å². The summed E-state index contributed by atoms with van der Waals surface area (Å²) in [5.41, 5.74) is 1.56. The first-order valence-electron chi connectivity index (χ1n) is 6.79. The molecule has 23 heavy (non-hydrogen) atoms. The van der Waals surface area contributed by atoms with Gasteiger partial charge in [-0.2, -0.15) is 4.98 Å². The summed E-state index contributed by atoms with van der Waals surface area (Å²) in [4.78, 5) is 10.9. The minimum atomic E-state index is 0.398. The summed E-state index contributed by atoms with van der Waals surface area (Å²) in [6.07, 6.45) is 1.57. The molecule has 0 saturated carbocycles.